The molecule has 0 aliphatic carbocycles. The maximum absolute atomic E-state index is 11.5. The number of ether oxygens (including phenoxy) is 1. The van der Waals surface area contributed by atoms with Crippen LogP contribution >= 0.6 is 0 Å². The summed E-state index contributed by atoms with van der Waals surface area (Å²) in [5, 5.41) is 2.87. The molecular formula is C14H21NO2. The van der Waals surface area contributed by atoms with Crippen molar-refractivity contribution in [2.24, 2.45) is 0 Å². The van der Waals surface area contributed by atoms with Crippen LogP contribution in [-0.2, 0) is 4.79 Å². The number of carbonyl (C=O) groups is 1. The van der Waals surface area contributed by atoms with Gasteiger partial charge in [0.05, 0.1) is 0 Å². The molecule has 0 saturated carbocycles. The normalized spacial score (nSPS) is 12.0. The van der Waals surface area contributed by atoms with E-state index in [0.717, 1.165) is 23.3 Å². The molecule has 0 spiro atoms. The summed E-state index contributed by atoms with van der Waals surface area (Å²) in [5.41, 5.74) is 2.28. The Bertz CT molecular complexity index is 368. The van der Waals surface area contributed by atoms with Crippen molar-refractivity contribution >= 4 is 5.91 Å². The number of carbonyl (C=O) groups excluding carboxylic acids is 1. The SMILES string of the molecule is CC[C@@H](C)NC(=O)COc1cc(C)cc(C)c1. The average molecular weight is 235 g/mol. The highest BCUT2D eigenvalue weighted by Crippen LogP contribution is 2.15. The van der Waals surface area contributed by atoms with Crippen molar-refractivity contribution < 1.29 is 9.53 Å². The van der Waals surface area contributed by atoms with Gasteiger partial charge in [-0.15, -0.1) is 0 Å². The molecule has 17 heavy (non-hydrogen) atoms. The van der Waals surface area contributed by atoms with Crippen LogP contribution in [0.5, 0.6) is 5.75 Å². The number of nitrogens with one attached hydrogen (secondary N) is 1. The largest absolute Gasteiger partial charge is 0.484 e. The minimum atomic E-state index is -0.0708. The summed E-state index contributed by atoms with van der Waals surface area (Å²) in [4.78, 5) is 11.5. The maximum atomic E-state index is 11.5. The van der Waals surface area contributed by atoms with Gasteiger partial charge in [-0.1, -0.05) is 13.0 Å². The molecular weight excluding hydrogens is 214 g/mol. The van der Waals surface area contributed by atoms with Crippen LogP contribution in [0.4, 0.5) is 0 Å². The molecule has 0 saturated heterocycles. The molecule has 0 fully saturated rings. The molecule has 3 heteroatoms. The predicted molar refractivity (Wildman–Crippen MR) is 69.3 cm³/mol. The van der Waals surface area contributed by atoms with Crippen LogP contribution in [-0.4, -0.2) is 18.6 Å². The van der Waals surface area contributed by atoms with Gasteiger partial charge in [0.2, 0.25) is 0 Å². The molecule has 94 valence electrons. The first-order valence-electron chi connectivity index (χ1n) is 6.01. The van der Waals surface area contributed by atoms with E-state index < -0.39 is 0 Å². The second kappa shape index (κ2) is 6.28. The van der Waals surface area contributed by atoms with Crippen molar-refractivity contribution in [2.45, 2.75) is 40.2 Å². The Balaban J connectivity index is 2.47. The van der Waals surface area contributed by atoms with E-state index in [1.807, 2.05) is 39.8 Å². The number of amides is 1. The summed E-state index contributed by atoms with van der Waals surface area (Å²) >= 11 is 0. The van der Waals surface area contributed by atoms with Gasteiger partial charge in [0.1, 0.15) is 5.75 Å². The van der Waals surface area contributed by atoms with Crippen molar-refractivity contribution in [1.82, 2.24) is 5.32 Å². The molecule has 0 radical (unpaired) electrons. The first kappa shape index (κ1) is 13.6. The predicted octanol–water partition coefficient (Wildman–Crippen LogP) is 2.60. The van der Waals surface area contributed by atoms with Gasteiger partial charge in [-0.05, 0) is 50.5 Å². The molecule has 0 aliphatic heterocycles. The highest BCUT2D eigenvalue weighted by atomic mass is 16.5. The Morgan fingerprint density at radius 1 is 1.29 bits per heavy atom. The molecule has 0 heterocycles. The molecule has 0 unspecified atom stereocenters. The Labute approximate surface area is 103 Å². The summed E-state index contributed by atoms with van der Waals surface area (Å²) in [7, 11) is 0. The van der Waals surface area contributed by atoms with E-state index in [-0.39, 0.29) is 18.6 Å². The van der Waals surface area contributed by atoms with Gasteiger partial charge < -0.3 is 10.1 Å². The lowest BCUT2D eigenvalue weighted by atomic mass is 10.1. The smallest absolute Gasteiger partial charge is 0.258 e. The van der Waals surface area contributed by atoms with E-state index in [4.69, 9.17) is 4.74 Å². The van der Waals surface area contributed by atoms with E-state index in [1.165, 1.54) is 0 Å². The standard InChI is InChI=1S/C14H21NO2/c1-5-12(4)15-14(16)9-17-13-7-10(2)6-11(3)8-13/h6-8,12H,5,9H2,1-4H3,(H,15,16)/t12-/m1/s1. The topological polar surface area (TPSA) is 38.3 Å². The van der Waals surface area contributed by atoms with Crippen LogP contribution in [0.2, 0.25) is 0 Å². The van der Waals surface area contributed by atoms with Gasteiger partial charge in [0, 0.05) is 6.04 Å². The average Bonchev–Trinajstić information content (AvgIpc) is 2.25. The van der Waals surface area contributed by atoms with E-state index >= 15 is 0 Å². The third kappa shape index (κ3) is 4.89. The molecule has 0 bridgehead atoms. The van der Waals surface area contributed by atoms with Crippen molar-refractivity contribution in [2.75, 3.05) is 6.61 Å². The fourth-order valence-electron chi connectivity index (χ4n) is 1.58. The van der Waals surface area contributed by atoms with Crippen LogP contribution in [0, 0.1) is 13.8 Å². The maximum Gasteiger partial charge on any atom is 0.258 e. The van der Waals surface area contributed by atoms with E-state index in [1.54, 1.807) is 0 Å². The fourth-order valence-corrected chi connectivity index (χ4v) is 1.58. The number of aryl methyl sites for hydroxylation is 2. The highest BCUT2D eigenvalue weighted by Gasteiger charge is 2.06. The summed E-state index contributed by atoms with van der Waals surface area (Å²) in [6.07, 6.45) is 0.926. The lowest BCUT2D eigenvalue weighted by Crippen LogP contribution is -2.35. The zero-order valence-electron chi connectivity index (χ0n) is 11.0. The molecule has 0 aliphatic rings. The van der Waals surface area contributed by atoms with E-state index in [9.17, 15) is 4.79 Å². The lowest BCUT2D eigenvalue weighted by molar-refractivity contribution is -0.123. The molecule has 1 rings (SSSR count). The van der Waals surface area contributed by atoms with E-state index in [0.29, 0.717) is 0 Å². The van der Waals surface area contributed by atoms with Gasteiger partial charge in [-0.3, -0.25) is 4.79 Å². The number of hydrogen-bond acceptors (Lipinski definition) is 2. The molecule has 1 N–H and O–H groups in total. The molecule has 0 aromatic heterocycles. The van der Waals surface area contributed by atoms with Gasteiger partial charge in [-0.25, -0.2) is 0 Å². The first-order valence-corrected chi connectivity index (χ1v) is 6.01. The third-order valence-electron chi connectivity index (χ3n) is 2.58. The first-order chi connectivity index (χ1) is 8.01. The second-order valence-corrected chi connectivity index (χ2v) is 4.49. The van der Waals surface area contributed by atoms with Crippen molar-refractivity contribution in [3.8, 4) is 5.75 Å². The Kier molecular flexibility index (Phi) is 5.01. The number of rotatable bonds is 5. The minimum Gasteiger partial charge on any atom is -0.484 e. The van der Waals surface area contributed by atoms with Gasteiger partial charge >= 0.3 is 0 Å². The van der Waals surface area contributed by atoms with Crippen LogP contribution in [0.3, 0.4) is 0 Å². The molecule has 1 aromatic carbocycles. The van der Waals surface area contributed by atoms with Crippen molar-refractivity contribution in [1.29, 1.82) is 0 Å². The number of hydrogen-bond donors (Lipinski definition) is 1. The third-order valence-corrected chi connectivity index (χ3v) is 2.58. The quantitative estimate of drug-likeness (QED) is 0.852. The molecule has 3 nitrogen and oxygen atoms in total. The Hall–Kier alpha value is -1.51. The lowest BCUT2D eigenvalue weighted by Gasteiger charge is -2.12. The van der Waals surface area contributed by atoms with Gasteiger partial charge in [0.15, 0.2) is 6.61 Å². The molecule has 1 atom stereocenters. The van der Waals surface area contributed by atoms with Crippen molar-refractivity contribution in [3.63, 3.8) is 0 Å². The van der Waals surface area contributed by atoms with Crippen LogP contribution in [0.15, 0.2) is 18.2 Å². The van der Waals surface area contributed by atoms with Crippen LogP contribution in [0.1, 0.15) is 31.4 Å². The van der Waals surface area contributed by atoms with Gasteiger partial charge in [-0.2, -0.15) is 0 Å². The van der Waals surface area contributed by atoms with Crippen molar-refractivity contribution in [3.05, 3.63) is 29.3 Å². The summed E-state index contributed by atoms with van der Waals surface area (Å²) in [6, 6.07) is 6.14. The zero-order chi connectivity index (χ0) is 12.8. The Morgan fingerprint density at radius 2 is 1.88 bits per heavy atom. The monoisotopic (exact) mass is 235 g/mol. The van der Waals surface area contributed by atoms with E-state index in [2.05, 4.69) is 11.4 Å². The minimum absolute atomic E-state index is 0.0708. The van der Waals surface area contributed by atoms with Gasteiger partial charge in [0.25, 0.3) is 5.91 Å². The highest BCUT2D eigenvalue weighted by molar-refractivity contribution is 5.77. The summed E-state index contributed by atoms with van der Waals surface area (Å²) < 4.78 is 5.46. The fraction of sp³-hybridized carbons (Fsp3) is 0.500. The molecule has 1 aromatic rings. The summed E-state index contributed by atoms with van der Waals surface area (Å²) in [5.74, 6) is 0.681. The van der Waals surface area contributed by atoms with Crippen LogP contribution in [0.25, 0.3) is 0 Å². The molecule has 1 amide bonds. The number of benzene rings is 1. The second-order valence-electron chi connectivity index (χ2n) is 4.49. The Morgan fingerprint density at radius 3 is 2.41 bits per heavy atom. The zero-order valence-corrected chi connectivity index (χ0v) is 11.0. The van der Waals surface area contributed by atoms with Crippen LogP contribution < -0.4 is 10.1 Å². The summed E-state index contributed by atoms with van der Waals surface area (Å²) in [6.45, 7) is 8.12.